The summed E-state index contributed by atoms with van der Waals surface area (Å²) in [5.74, 6) is 3.62. The molecule has 0 fully saturated rings. The number of hydrogen-bond acceptors (Lipinski definition) is 4. The first-order valence-corrected chi connectivity index (χ1v) is 33.4. The average Bonchev–Trinajstić information content (AvgIpc) is 4.13. The molecule has 0 unspecified atom stereocenters. The van der Waals surface area contributed by atoms with Gasteiger partial charge in [0, 0.05) is 10.8 Å². The molecule has 0 aliphatic carbocycles. The molecule has 0 aliphatic heterocycles. The SMILES string of the molecule is CCc1ccc2[cH-]c(-c3occ4ccccc34)cc2c1-c1ccc(OC)cc1.CCc1ccc2[cH-]c(-c3occ4ccccc34)cc2c1-c1ccc(OC)cc1.C[Si](C)=[Zr]([Cl])[Cl]. The van der Waals surface area contributed by atoms with E-state index < -0.39 is 18.0 Å². The second kappa shape index (κ2) is 19.5. The van der Waals surface area contributed by atoms with Gasteiger partial charge in [-0.05, 0) is 70.1 Å². The van der Waals surface area contributed by atoms with Gasteiger partial charge >= 0.3 is 53.5 Å². The Bertz CT molecular complexity index is 2940. The molecule has 2 heterocycles. The van der Waals surface area contributed by atoms with Crippen LogP contribution in [-0.4, -0.2) is 19.7 Å². The van der Waals surface area contributed by atoms with Gasteiger partial charge in [0.05, 0.1) is 38.3 Å². The summed E-state index contributed by atoms with van der Waals surface area (Å²) in [7, 11) is 14.6. The number of halogens is 2. The van der Waals surface area contributed by atoms with E-state index in [1.165, 1.54) is 54.9 Å². The molecule has 10 aromatic rings. The zero-order chi connectivity index (χ0) is 43.3. The monoisotopic (exact) mass is 948 g/mol. The Kier molecular flexibility index (Phi) is 13.7. The number of rotatable bonds is 8. The molecule has 0 N–H and O–H groups in total. The molecule has 10 rings (SSSR count). The molecule has 8 aromatic carbocycles. The molecule has 0 saturated carbocycles. The van der Waals surface area contributed by atoms with Gasteiger partial charge in [-0.1, -0.05) is 121 Å². The molecule has 312 valence electrons. The molecular formula is C54H48Cl2O4SiZr-2. The predicted octanol–water partition coefficient (Wildman–Crippen LogP) is 16.6. The van der Waals surface area contributed by atoms with Crippen LogP contribution in [-0.2, 0) is 30.8 Å². The van der Waals surface area contributed by atoms with Crippen molar-refractivity contribution in [1.29, 1.82) is 0 Å². The van der Waals surface area contributed by atoms with Gasteiger partial charge in [0.15, 0.2) is 0 Å². The van der Waals surface area contributed by atoms with Gasteiger partial charge in [-0.3, -0.25) is 0 Å². The maximum atomic E-state index is 5.95. The molecule has 0 amide bonds. The zero-order valence-corrected chi connectivity index (χ0v) is 40.8. The first kappa shape index (κ1) is 43.5. The van der Waals surface area contributed by atoms with E-state index in [-0.39, 0.29) is 5.43 Å². The number of furan rings is 2. The van der Waals surface area contributed by atoms with E-state index in [2.05, 4.69) is 136 Å². The molecule has 8 heteroatoms. The van der Waals surface area contributed by atoms with Crippen LogP contribution in [0.15, 0.2) is 167 Å². The van der Waals surface area contributed by atoms with Crippen LogP contribution in [0.3, 0.4) is 0 Å². The van der Waals surface area contributed by atoms with Crippen molar-refractivity contribution in [1.82, 2.24) is 0 Å². The van der Waals surface area contributed by atoms with Crippen LogP contribution in [0.2, 0.25) is 13.1 Å². The van der Waals surface area contributed by atoms with Crippen LogP contribution in [0.1, 0.15) is 25.0 Å². The molecule has 62 heavy (non-hydrogen) atoms. The van der Waals surface area contributed by atoms with Crippen molar-refractivity contribution in [2.24, 2.45) is 0 Å². The minimum atomic E-state index is -1.65. The molecule has 0 spiro atoms. The van der Waals surface area contributed by atoms with E-state index in [0.717, 1.165) is 68.5 Å². The van der Waals surface area contributed by atoms with Crippen molar-refractivity contribution < 1.29 is 36.3 Å². The Labute approximate surface area is 378 Å². The number of aryl methyl sites for hydroxylation is 2. The first-order valence-electron chi connectivity index (χ1n) is 20.9. The van der Waals surface area contributed by atoms with Crippen LogP contribution < -0.4 is 9.47 Å². The Morgan fingerprint density at radius 2 is 0.919 bits per heavy atom. The van der Waals surface area contributed by atoms with Gasteiger partial charge in [-0.2, -0.15) is 0 Å². The van der Waals surface area contributed by atoms with Crippen LogP contribution in [0.5, 0.6) is 11.5 Å². The fourth-order valence-electron chi connectivity index (χ4n) is 8.13. The summed E-state index contributed by atoms with van der Waals surface area (Å²) in [5, 5.41) is 9.57. The molecular weight excluding hydrogens is 903 g/mol. The summed E-state index contributed by atoms with van der Waals surface area (Å²) in [4.78, 5) is 0. The van der Waals surface area contributed by atoms with Crippen molar-refractivity contribution in [3.63, 3.8) is 0 Å². The van der Waals surface area contributed by atoms with E-state index in [0.29, 0.717) is 0 Å². The maximum absolute atomic E-state index is 5.95. The average molecular weight is 951 g/mol. The van der Waals surface area contributed by atoms with Gasteiger partial charge < -0.3 is 18.3 Å². The van der Waals surface area contributed by atoms with Crippen LogP contribution in [0.25, 0.3) is 88.0 Å². The number of fused-ring (bicyclic) bond motifs is 4. The molecule has 0 radical (unpaired) electrons. The Morgan fingerprint density at radius 3 is 1.27 bits per heavy atom. The number of benzene rings is 6. The van der Waals surface area contributed by atoms with E-state index in [9.17, 15) is 0 Å². The van der Waals surface area contributed by atoms with E-state index >= 15 is 0 Å². The fourth-order valence-corrected chi connectivity index (χ4v) is 8.13. The van der Waals surface area contributed by atoms with Crippen molar-refractivity contribution in [3.05, 3.63) is 169 Å². The van der Waals surface area contributed by atoms with Crippen molar-refractivity contribution in [3.8, 4) is 56.4 Å². The number of ether oxygens (including phenoxy) is 2. The topological polar surface area (TPSA) is 44.7 Å². The van der Waals surface area contributed by atoms with E-state index in [1.54, 1.807) is 14.2 Å². The third kappa shape index (κ3) is 9.03. The predicted molar refractivity (Wildman–Crippen MR) is 261 cm³/mol. The summed E-state index contributed by atoms with van der Waals surface area (Å²) in [6.45, 7) is 8.75. The summed E-state index contributed by atoms with van der Waals surface area (Å²) in [5.41, 5.74) is 9.73. The molecule has 2 aromatic heterocycles. The zero-order valence-electron chi connectivity index (χ0n) is 35.8. The third-order valence-corrected chi connectivity index (χ3v) is 31.1. The molecule has 0 atom stereocenters. The first-order chi connectivity index (χ1) is 30.2. The second-order valence-electron chi connectivity index (χ2n) is 15.4. The molecule has 4 nitrogen and oxygen atoms in total. The molecule has 0 saturated heterocycles. The van der Waals surface area contributed by atoms with Crippen molar-refractivity contribution in [2.75, 3.05) is 14.2 Å². The standard InChI is InChI=1S/2C26H21O2.C2H6Si.2ClH.Zr/c2*1-3-17-8-9-19-14-21(26-23-7-5-4-6-20(23)16-28-26)15-24(19)25(17)18-10-12-22(27-2)13-11-18;1-3-2;;;/h2*4-16H,3H2,1-2H3;1-2H3;2*1H;/q2*-1;;;;+2/p-2. The summed E-state index contributed by atoms with van der Waals surface area (Å²) < 4.78 is 22.6. The quantitative estimate of drug-likeness (QED) is 0.112. The van der Waals surface area contributed by atoms with Gasteiger partial charge in [0.1, 0.15) is 11.5 Å². The van der Waals surface area contributed by atoms with E-state index in [1.807, 2.05) is 48.9 Å². The van der Waals surface area contributed by atoms with Gasteiger partial charge in [-0.25, -0.2) is 0 Å². The summed E-state index contributed by atoms with van der Waals surface area (Å²) >= 11 is -1.65. The fraction of sp³-hybridized carbons (Fsp3) is 0.148. The van der Waals surface area contributed by atoms with E-state index in [4.69, 9.17) is 35.3 Å². The second-order valence-corrected chi connectivity index (χ2v) is 38.4. The Morgan fingerprint density at radius 1 is 0.532 bits per heavy atom. The van der Waals surface area contributed by atoms with Gasteiger partial charge in [0.2, 0.25) is 0 Å². The summed E-state index contributed by atoms with van der Waals surface area (Å²) in [6, 6.07) is 51.2. The summed E-state index contributed by atoms with van der Waals surface area (Å²) in [6.07, 6.45) is 5.65. The Hall–Kier alpha value is -5.10. The number of methoxy groups -OCH3 is 2. The number of hydrogen-bond donors (Lipinski definition) is 0. The van der Waals surface area contributed by atoms with Crippen molar-refractivity contribution >= 4 is 65.5 Å². The third-order valence-electron chi connectivity index (χ3n) is 11.4. The normalized spacial score (nSPS) is 11.0. The van der Waals surface area contributed by atoms with Crippen molar-refractivity contribution in [2.45, 2.75) is 39.8 Å². The van der Waals surface area contributed by atoms with Crippen LogP contribution >= 0.6 is 17.0 Å². The van der Waals surface area contributed by atoms with Gasteiger partial charge in [-0.15, -0.1) is 57.9 Å². The Balaban J connectivity index is 0.000000151. The van der Waals surface area contributed by atoms with Crippen LogP contribution in [0.4, 0.5) is 0 Å². The minimum absolute atomic E-state index is 0.224. The molecule has 0 aliphatic rings. The molecule has 0 bridgehead atoms. The van der Waals surface area contributed by atoms with Crippen LogP contribution in [0, 0.1) is 0 Å². The van der Waals surface area contributed by atoms with Gasteiger partial charge in [0.25, 0.3) is 0 Å².